The van der Waals surface area contributed by atoms with Gasteiger partial charge in [-0.2, -0.15) is 0 Å². The fourth-order valence-corrected chi connectivity index (χ4v) is 4.15. The fourth-order valence-electron chi connectivity index (χ4n) is 3.88. The number of hydrogen-bond donors (Lipinski definition) is 1. The van der Waals surface area contributed by atoms with E-state index in [1.54, 1.807) is 0 Å². The van der Waals surface area contributed by atoms with Crippen molar-refractivity contribution in [2.75, 3.05) is 24.3 Å². The molecule has 0 spiro atoms. The Bertz CT molecular complexity index is 1140. The maximum absolute atomic E-state index is 5.31. The summed E-state index contributed by atoms with van der Waals surface area (Å²) >= 11 is 3.53. The molecule has 0 aromatic heterocycles. The first-order valence-corrected chi connectivity index (χ1v) is 12.3. The van der Waals surface area contributed by atoms with Gasteiger partial charge in [0.15, 0.2) is 0 Å². The average Bonchev–Trinajstić information content (AvgIpc) is 2.86. The van der Waals surface area contributed by atoms with E-state index in [2.05, 4.69) is 137 Å². The van der Waals surface area contributed by atoms with Gasteiger partial charge in [-0.05, 0) is 72.5 Å². The van der Waals surface area contributed by atoms with Crippen LogP contribution in [0.15, 0.2) is 119 Å². The van der Waals surface area contributed by atoms with Gasteiger partial charge in [0.25, 0.3) is 0 Å². The van der Waals surface area contributed by atoms with Gasteiger partial charge in [0.05, 0.1) is 6.04 Å². The second kappa shape index (κ2) is 11.7. The largest absolute Gasteiger partial charge is 0.378 e. The third kappa shape index (κ3) is 6.82. The van der Waals surface area contributed by atoms with Gasteiger partial charge in [0, 0.05) is 35.5 Å². The first-order valence-electron chi connectivity index (χ1n) is 11.5. The number of rotatable bonds is 8. The predicted molar refractivity (Wildman–Crippen MR) is 149 cm³/mol. The van der Waals surface area contributed by atoms with E-state index in [1.807, 2.05) is 12.1 Å². The molecule has 0 bridgehead atoms. The highest BCUT2D eigenvalue weighted by atomic mass is 79.9. The lowest BCUT2D eigenvalue weighted by molar-refractivity contribution is 0.667. The molecule has 0 atom stereocenters. The minimum absolute atomic E-state index is 0.0938. The predicted octanol–water partition coefficient (Wildman–Crippen LogP) is 7.23. The summed E-state index contributed by atoms with van der Waals surface area (Å²) in [5.41, 5.74) is 5.82. The van der Waals surface area contributed by atoms with E-state index in [1.165, 1.54) is 11.1 Å². The van der Waals surface area contributed by atoms with Crippen molar-refractivity contribution in [3.05, 3.63) is 130 Å². The molecule has 0 fully saturated rings. The molecule has 0 saturated carbocycles. The molecule has 0 aliphatic heterocycles. The Labute approximate surface area is 211 Å². The van der Waals surface area contributed by atoms with Gasteiger partial charge in [-0.15, -0.1) is 0 Å². The molecular formula is C30H30BrN3. The van der Waals surface area contributed by atoms with E-state index in [0.717, 1.165) is 40.1 Å². The van der Waals surface area contributed by atoms with Crippen molar-refractivity contribution < 1.29 is 0 Å². The summed E-state index contributed by atoms with van der Waals surface area (Å²) in [6.07, 6.45) is 1.74. The van der Waals surface area contributed by atoms with Crippen LogP contribution in [0.25, 0.3) is 0 Å². The summed E-state index contributed by atoms with van der Waals surface area (Å²) in [5, 5.41) is 3.59. The highest BCUT2D eigenvalue weighted by Gasteiger charge is 2.14. The van der Waals surface area contributed by atoms with Crippen LogP contribution < -0.4 is 10.2 Å². The van der Waals surface area contributed by atoms with Gasteiger partial charge >= 0.3 is 0 Å². The highest BCUT2D eigenvalue weighted by Crippen LogP contribution is 2.20. The SMILES string of the molecule is CN(C)c1ccc(C(=NC(Cc2ccccc2)Cc2ccccc2)Nc2ccc(Br)cc2)cc1. The zero-order valence-electron chi connectivity index (χ0n) is 19.7. The fraction of sp³-hybridized carbons (Fsp3) is 0.167. The van der Waals surface area contributed by atoms with Crippen LogP contribution in [-0.2, 0) is 12.8 Å². The van der Waals surface area contributed by atoms with Crippen molar-refractivity contribution >= 4 is 33.1 Å². The van der Waals surface area contributed by atoms with Gasteiger partial charge in [-0.1, -0.05) is 76.6 Å². The number of nitrogens with one attached hydrogen (secondary N) is 1. The average molecular weight is 512 g/mol. The van der Waals surface area contributed by atoms with Gasteiger partial charge in [0.2, 0.25) is 0 Å². The molecule has 0 unspecified atom stereocenters. The summed E-state index contributed by atoms with van der Waals surface area (Å²) in [4.78, 5) is 7.42. The third-order valence-corrected chi connectivity index (χ3v) is 6.23. The molecular weight excluding hydrogens is 482 g/mol. The Morgan fingerprint density at radius 3 is 1.76 bits per heavy atom. The van der Waals surface area contributed by atoms with Gasteiger partial charge in [0.1, 0.15) is 5.84 Å². The molecule has 4 rings (SSSR count). The van der Waals surface area contributed by atoms with E-state index >= 15 is 0 Å². The second-order valence-electron chi connectivity index (χ2n) is 8.58. The minimum Gasteiger partial charge on any atom is -0.378 e. The Hall–Kier alpha value is -3.37. The first-order chi connectivity index (χ1) is 16.6. The number of hydrogen-bond acceptors (Lipinski definition) is 2. The monoisotopic (exact) mass is 511 g/mol. The summed E-state index contributed by atoms with van der Waals surface area (Å²) in [6, 6.07) is 38.1. The number of anilines is 2. The second-order valence-corrected chi connectivity index (χ2v) is 9.50. The molecule has 4 aromatic carbocycles. The molecule has 4 heteroatoms. The molecule has 0 aliphatic carbocycles. The van der Waals surface area contributed by atoms with Crippen molar-refractivity contribution in [2.45, 2.75) is 18.9 Å². The van der Waals surface area contributed by atoms with E-state index in [-0.39, 0.29) is 6.04 Å². The minimum atomic E-state index is 0.0938. The van der Waals surface area contributed by atoms with Gasteiger partial charge < -0.3 is 10.2 Å². The van der Waals surface area contributed by atoms with Crippen LogP contribution in [0, 0.1) is 0 Å². The maximum atomic E-state index is 5.31. The van der Waals surface area contributed by atoms with Crippen LogP contribution in [0.3, 0.4) is 0 Å². The van der Waals surface area contributed by atoms with Crippen molar-refractivity contribution in [2.24, 2.45) is 4.99 Å². The lowest BCUT2D eigenvalue weighted by Crippen LogP contribution is -2.21. The smallest absolute Gasteiger partial charge is 0.133 e. The zero-order chi connectivity index (χ0) is 23.8. The van der Waals surface area contributed by atoms with Crippen LogP contribution in [0.5, 0.6) is 0 Å². The van der Waals surface area contributed by atoms with Gasteiger partial charge in [-0.3, -0.25) is 4.99 Å². The summed E-state index contributed by atoms with van der Waals surface area (Å²) in [6.45, 7) is 0. The molecule has 0 amide bonds. The van der Waals surface area contributed by atoms with Crippen LogP contribution >= 0.6 is 15.9 Å². The molecule has 34 heavy (non-hydrogen) atoms. The Balaban J connectivity index is 1.71. The van der Waals surface area contributed by atoms with Crippen LogP contribution in [-0.4, -0.2) is 26.0 Å². The molecule has 4 aromatic rings. The molecule has 0 aliphatic rings. The number of halogens is 1. The van der Waals surface area contributed by atoms with E-state index in [0.29, 0.717) is 0 Å². The van der Waals surface area contributed by atoms with Crippen LogP contribution in [0.4, 0.5) is 11.4 Å². The van der Waals surface area contributed by atoms with Crippen molar-refractivity contribution in [3.63, 3.8) is 0 Å². The Morgan fingerprint density at radius 2 is 1.26 bits per heavy atom. The number of aliphatic imine (C=N–C) groups is 1. The normalized spacial score (nSPS) is 11.5. The lowest BCUT2D eigenvalue weighted by atomic mass is 9.99. The lowest BCUT2D eigenvalue weighted by Gasteiger charge is -2.19. The number of nitrogens with zero attached hydrogens (tertiary/aromatic N) is 2. The van der Waals surface area contributed by atoms with Crippen molar-refractivity contribution in [1.82, 2.24) is 0 Å². The first kappa shape index (κ1) is 23.8. The number of benzene rings is 4. The Morgan fingerprint density at radius 1 is 0.735 bits per heavy atom. The topological polar surface area (TPSA) is 27.6 Å². The number of amidine groups is 1. The standard InChI is InChI=1S/C30H30BrN3/c1-34(2)29-19-13-25(14-20-29)30(32-27-17-15-26(31)16-18-27)33-28(21-23-9-5-3-6-10-23)22-24-11-7-4-8-12-24/h3-20,28H,21-22H2,1-2H3,(H,32,33). The zero-order valence-corrected chi connectivity index (χ0v) is 21.2. The van der Waals surface area contributed by atoms with E-state index < -0.39 is 0 Å². The molecule has 3 nitrogen and oxygen atoms in total. The van der Waals surface area contributed by atoms with Crippen LogP contribution in [0.1, 0.15) is 16.7 Å². The van der Waals surface area contributed by atoms with Gasteiger partial charge in [-0.25, -0.2) is 0 Å². The molecule has 0 heterocycles. The quantitative estimate of drug-likeness (QED) is 0.199. The molecule has 1 N–H and O–H groups in total. The molecule has 0 saturated heterocycles. The Kier molecular flexibility index (Phi) is 8.16. The van der Waals surface area contributed by atoms with E-state index in [9.17, 15) is 0 Å². The highest BCUT2D eigenvalue weighted by molar-refractivity contribution is 9.10. The summed E-state index contributed by atoms with van der Waals surface area (Å²) in [7, 11) is 4.11. The third-order valence-electron chi connectivity index (χ3n) is 5.70. The maximum Gasteiger partial charge on any atom is 0.133 e. The van der Waals surface area contributed by atoms with E-state index in [4.69, 9.17) is 4.99 Å². The van der Waals surface area contributed by atoms with Crippen molar-refractivity contribution in [1.29, 1.82) is 0 Å². The summed E-state index contributed by atoms with van der Waals surface area (Å²) in [5.74, 6) is 0.879. The van der Waals surface area contributed by atoms with Crippen molar-refractivity contribution in [3.8, 4) is 0 Å². The molecule has 172 valence electrons. The summed E-state index contributed by atoms with van der Waals surface area (Å²) < 4.78 is 1.05. The van der Waals surface area contributed by atoms with Crippen LogP contribution in [0.2, 0.25) is 0 Å². The molecule has 0 radical (unpaired) electrons.